The molecule has 0 fully saturated rings. The molecule has 0 atom stereocenters. The van der Waals surface area contributed by atoms with E-state index in [1.165, 1.54) is 21.9 Å². The average Bonchev–Trinajstić information content (AvgIpc) is 2.65. The Balaban J connectivity index is 0.00000225. The molecule has 0 heterocycles. The number of nitrogens with one attached hydrogen (secondary N) is 1. The minimum absolute atomic E-state index is 0. The van der Waals surface area contributed by atoms with Crippen molar-refractivity contribution in [3.05, 3.63) is 77.9 Å². The molecule has 3 rings (SSSR count). The fourth-order valence-corrected chi connectivity index (χ4v) is 2.76. The fraction of sp³-hybridized carbons (Fsp3) is 0.238. The van der Waals surface area contributed by atoms with E-state index in [-0.39, 0.29) is 12.4 Å². The molecule has 3 aromatic carbocycles. The summed E-state index contributed by atoms with van der Waals surface area (Å²) in [6.07, 6.45) is 0. The first-order valence-corrected chi connectivity index (χ1v) is 8.25. The highest BCUT2D eigenvalue weighted by molar-refractivity contribution is 5.87. The summed E-state index contributed by atoms with van der Waals surface area (Å²) < 4.78 is 11.2. The van der Waals surface area contributed by atoms with Crippen LogP contribution >= 0.6 is 12.4 Å². The molecule has 0 aromatic heterocycles. The van der Waals surface area contributed by atoms with Crippen LogP contribution in [-0.4, -0.2) is 20.3 Å². The highest BCUT2D eigenvalue weighted by Gasteiger charge is 2.09. The van der Waals surface area contributed by atoms with Gasteiger partial charge >= 0.3 is 0 Å². The summed E-state index contributed by atoms with van der Waals surface area (Å²) >= 11 is 0. The van der Waals surface area contributed by atoms with Gasteiger partial charge in [-0.25, -0.2) is 0 Å². The third-order valence-electron chi connectivity index (χ3n) is 4.02. The van der Waals surface area contributed by atoms with Gasteiger partial charge in [0.25, 0.3) is 0 Å². The van der Waals surface area contributed by atoms with Gasteiger partial charge in [-0.15, -0.1) is 12.4 Å². The quantitative estimate of drug-likeness (QED) is 0.599. The molecule has 0 aliphatic heterocycles. The molecule has 3 aromatic rings. The molecular formula is C21H24ClNO2. The van der Waals surface area contributed by atoms with E-state index in [4.69, 9.17) is 9.47 Å². The third kappa shape index (κ3) is 5.20. The predicted molar refractivity (Wildman–Crippen MR) is 106 cm³/mol. The Bertz CT molecular complexity index is 777. The zero-order valence-corrected chi connectivity index (χ0v) is 15.2. The highest BCUT2D eigenvalue weighted by atomic mass is 35.5. The molecule has 0 spiro atoms. The number of hydrogen-bond acceptors (Lipinski definition) is 3. The maximum absolute atomic E-state index is 6.12. The first kappa shape index (κ1) is 19.3. The van der Waals surface area contributed by atoms with E-state index in [0.29, 0.717) is 13.2 Å². The molecule has 0 saturated carbocycles. The number of halogens is 1. The summed E-state index contributed by atoms with van der Waals surface area (Å²) in [7, 11) is 1.72. The Kier molecular flexibility index (Phi) is 7.74. The van der Waals surface area contributed by atoms with Crippen molar-refractivity contribution < 1.29 is 9.47 Å². The summed E-state index contributed by atoms with van der Waals surface area (Å²) in [4.78, 5) is 0. The van der Waals surface area contributed by atoms with Crippen molar-refractivity contribution in [2.45, 2.75) is 13.2 Å². The van der Waals surface area contributed by atoms with Crippen molar-refractivity contribution in [1.29, 1.82) is 0 Å². The van der Waals surface area contributed by atoms with Crippen LogP contribution in [0.15, 0.2) is 66.7 Å². The van der Waals surface area contributed by atoms with Gasteiger partial charge in [-0.05, 0) is 22.4 Å². The minimum atomic E-state index is 0. The van der Waals surface area contributed by atoms with Gasteiger partial charge in [-0.1, -0.05) is 60.7 Å². The maximum atomic E-state index is 6.12. The maximum Gasteiger partial charge on any atom is 0.124 e. The molecule has 0 aliphatic rings. The van der Waals surface area contributed by atoms with Crippen LogP contribution < -0.4 is 10.1 Å². The smallest absolute Gasteiger partial charge is 0.124 e. The molecule has 0 amide bonds. The summed E-state index contributed by atoms with van der Waals surface area (Å²) in [6.45, 7) is 2.85. The van der Waals surface area contributed by atoms with Crippen molar-refractivity contribution in [3.63, 3.8) is 0 Å². The van der Waals surface area contributed by atoms with Crippen LogP contribution in [0.5, 0.6) is 5.75 Å². The van der Waals surface area contributed by atoms with Crippen LogP contribution in [0.1, 0.15) is 11.1 Å². The first-order valence-electron chi connectivity index (χ1n) is 8.25. The summed E-state index contributed by atoms with van der Waals surface area (Å²) in [5.74, 6) is 0.933. The van der Waals surface area contributed by atoms with Gasteiger partial charge in [0.05, 0.1) is 6.61 Å². The molecule has 0 bridgehead atoms. The lowest BCUT2D eigenvalue weighted by molar-refractivity contribution is 0.199. The lowest BCUT2D eigenvalue weighted by Crippen LogP contribution is -2.19. The van der Waals surface area contributed by atoms with Gasteiger partial charge in [0, 0.05) is 25.8 Å². The lowest BCUT2D eigenvalue weighted by atomic mass is 10.0. The zero-order chi connectivity index (χ0) is 16.6. The van der Waals surface area contributed by atoms with E-state index in [1.807, 2.05) is 18.2 Å². The van der Waals surface area contributed by atoms with Crippen molar-refractivity contribution in [2.24, 2.45) is 0 Å². The summed E-state index contributed by atoms with van der Waals surface area (Å²) in [6, 6.07) is 22.9. The van der Waals surface area contributed by atoms with E-state index in [1.54, 1.807) is 7.11 Å². The normalized spacial score (nSPS) is 10.4. The van der Waals surface area contributed by atoms with Gasteiger partial charge in [0.2, 0.25) is 0 Å². The second-order valence-electron chi connectivity index (χ2n) is 5.71. The number of rotatable bonds is 8. The van der Waals surface area contributed by atoms with E-state index < -0.39 is 0 Å². The Hall–Kier alpha value is -2.07. The largest absolute Gasteiger partial charge is 0.489 e. The van der Waals surface area contributed by atoms with Crippen LogP contribution in [0, 0.1) is 0 Å². The predicted octanol–water partition coefficient (Wildman–Crippen LogP) is 4.58. The Morgan fingerprint density at radius 3 is 2.44 bits per heavy atom. The van der Waals surface area contributed by atoms with Crippen molar-refractivity contribution >= 4 is 23.2 Å². The number of ether oxygens (including phenoxy) is 2. The number of benzene rings is 3. The van der Waals surface area contributed by atoms with Crippen molar-refractivity contribution in [3.8, 4) is 5.75 Å². The van der Waals surface area contributed by atoms with Gasteiger partial charge in [-0.3, -0.25) is 0 Å². The fourth-order valence-electron chi connectivity index (χ4n) is 2.76. The molecule has 1 N–H and O–H groups in total. The van der Waals surface area contributed by atoms with E-state index >= 15 is 0 Å². The topological polar surface area (TPSA) is 30.5 Å². The van der Waals surface area contributed by atoms with Gasteiger partial charge in [-0.2, -0.15) is 0 Å². The molecule has 132 valence electrons. The van der Waals surface area contributed by atoms with Crippen LogP contribution in [0.3, 0.4) is 0 Å². The minimum Gasteiger partial charge on any atom is -0.489 e. The number of fused-ring (bicyclic) bond motifs is 1. The average molecular weight is 358 g/mol. The monoisotopic (exact) mass is 357 g/mol. The second-order valence-corrected chi connectivity index (χ2v) is 5.71. The Morgan fingerprint density at radius 1 is 0.880 bits per heavy atom. The number of methoxy groups -OCH3 is 1. The highest BCUT2D eigenvalue weighted by Crippen LogP contribution is 2.28. The van der Waals surface area contributed by atoms with Crippen LogP contribution in [0.4, 0.5) is 0 Å². The van der Waals surface area contributed by atoms with Crippen LogP contribution in [0.2, 0.25) is 0 Å². The zero-order valence-electron chi connectivity index (χ0n) is 14.4. The molecule has 0 unspecified atom stereocenters. The Morgan fingerprint density at radius 2 is 1.64 bits per heavy atom. The van der Waals surface area contributed by atoms with Gasteiger partial charge < -0.3 is 14.8 Å². The third-order valence-corrected chi connectivity index (χ3v) is 4.02. The molecule has 25 heavy (non-hydrogen) atoms. The lowest BCUT2D eigenvalue weighted by Gasteiger charge is -2.15. The summed E-state index contributed by atoms with van der Waals surface area (Å²) in [5.41, 5.74) is 2.36. The Labute approximate surface area is 155 Å². The molecule has 0 radical (unpaired) electrons. The number of hydrogen-bond donors (Lipinski definition) is 1. The molecule has 3 nitrogen and oxygen atoms in total. The van der Waals surface area contributed by atoms with E-state index in [0.717, 1.165) is 18.8 Å². The molecule has 0 aliphatic carbocycles. The molecular weight excluding hydrogens is 334 g/mol. The van der Waals surface area contributed by atoms with E-state index in [9.17, 15) is 0 Å². The van der Waals surface area contributed by atoms with Crippen molar-refractivity contribution in [1.82, 2.24) is 5.32 Å². The second kappa shape index (κ2) is 10.0. The first-order chi connectivity index (χ1) is 11.9. The van der Waals surface area contributed by atoms with Gasteiger partial charge in [0.1, 0.15) is 12.4 Å². The standard InChI is InChI=1S/C21H23NO2.ClH/c1-23-14-13-22-15-20-19-10-6-5-9-18(19)11-12-21(20)24-16-17-7-3-2-4-8-17;/h2-12,22H,13-16H2,1H3;1H. The molecule has 0 saturated heterocycles. The SMILES string of the molecule is COCCNCc1c(OCc2ccccc2)ccc2ccccc12.Cl. The van der Waals surface area contributed by atoms with Crippen molar-refractivity contribution in [2.75, 3.05) is 20.3 Å². The molecule has 4 heteroatoms. The van der Waals surface area contributed by atoms with Gasteiger partial charge in [0.15, 0.2) is 0 Å². The van der Waals surface area contributed by atoms with Crippen LogP contribution in [0.25, 0.3) is 10.8 Å². The van der Waals surface area contributed by atoms with E-state index in [2.05, 4.69) is 53.8 Å². The van der Waals surface area contributed by atoms with Crippen LogP contribution in [-0.2, 0) is 17.9 Å². The summed E-state index contributed by atoms with van der Waals surface area (Å²) in [5, 5.41) is 5.89.